The number of aromatic nitrogens is 2. The van der Waals surface area contributed by atoms with Crippen LogP contribution in [0.25, 0.3) is 11.1 Å². The van der Waals surface area contributed by atoms with Gasteiger partial charge in [0.2, 0.25) is 5.91 Å². The lowest BCUT2D eigenvalue weighted by atomic mass is 9.70. The second-order valence-corrected chi connectivity index (χ2v) is 10.7. The van der Waals surface area contributed by atoms with Gasteiger partial charge in [0.25, 0.3) is 0 Å². The van der Waals surface area contributed by atoms with Gasteiger partial charge in [0.05, 0.1) is 11.1 Å². The minimum Gasteiger partial charge on any atom is -0.508 e. The van der Waals surface area contributed by atoms with E-state index >= 15 is 0 Å². The zero-order chi connectivity index (χ0) is 26.5. The number of benzene rings is 3. The van der Waals surface area contributed by atoms with Crippen LogP contribution in [0.5, 0.6) is 5.75 Å². The van der Waals surface area contributed by atoms with Crippen molar-refractivity contribution in [2.45, 2.75) is 26.2 Å². The number of hydrogen-bond acceptors (Lipinski definition) is 5. The molecule has 0 unspecified atom stereocenters. The number of carbonyl (C=O) groups excluding carboxylic acids is 1. The molecule has 2 heterocycles. The minimum atomic E-state index is -0.785. The lowest BCUT2D eigenvalue weighted by molar-refractivity contribution is -0.124. The molecule has 190 valence electrons. The maximum Gasteiger partial charge on any atom is 0.232 e. The number of hydrogen-bond donors (Lipinski definition) is 2. The molecular formula is C32H29N3O2S. The smallest absolute Gasteiger partial charge is 0.232 e. The molecule has 0 radical (unpaired) electrons. The van der Waals surface area contributed by atoms with Crippen LogP contribution in [0.1, 0.15) is 42.1 Å². The first-order valence-corrected chi connectivity index (χ1v) is 13.4. The third-order valence-corrected chi connectivity index (χ3v) is 7.60. The lowest BCUT2D eigenvalue weighted by Gasteiger charge is -2.33. The van der Waals surface area contributed by atoms with Crippen molar-refractivity contribution in [2.75, 3.05) is 5.32 Å². The highest BCUT2D eigenvalue weighted by Crippen LogP contribution is 2.42. The molecule has 1 atom stereocenters. The molecule has 5 nitrogen and oxygen atoms in total. The van der Waals surface area contributed by atoms with Gasteiger partial charge in [-0.15, -0.1) is 11.3 Å². The maximum atomic E-state index is 13.6. The van der Waals surface area contributed by atoms with Gasteiger partial charge in [-0.1, -0.05) is 80.6 Å². The van der Waals surface area contributed by atoms with Crippen molar-refractivity contribution in [3.63, 3.8) is 0 Å². The molecule has 3 aromatic carbocycles. The van der Waals surface area contributed by atoms with Gasteiger partial charge in [0.15, 0.2) is 5.13 Å². The molecular weight excluding hydrogens is 490 g/mol. The van der Waals surface area contributed by atoms with E-state index in [0.717, 1.165) is 33.5 Å². The molecule has 2 aromatic heterocycles. The number of nitrogens with zero attached hydrogens (tertiary/aromatic N) is 2. The van der Waals surface area contributed by atoms with E-state index < -0.39 is 5.41 Å². The van der Waals surface area contributed by atoms with E-state index in [9.17, 15) is 9.90 Å². The molecule has 0 aliphatic carbocycles. The van der Waals surface area contributed by atoms with Gasteiger partial charge in [0, 0.05) is 30.1 Å². The van der Waals surface area contributed by atoms with Gasteiger partial charge < -0.3 is 10.4 Å². The van der Waals surface area contributed by atoms with Gasteiger partial charge in [-0.05, 0) is 52.1 Å². The Bertz CT molecular complexity index is 1500. The molecule has 1 amide bonds. The molecule has 5 aromatic rings. The van der Waals surface area contributed by atoms with Gasteiger partial charge >= 0.3 is 0 Å². The number of nitrogens with one attached hydrogen (secondary N) is 1. The van der Waals surface area contributed by atoms with E-state index in [1.807, 2.05) is 73.8 Å². The Morgan fingerprint density at radius 2 is 1.50 bits per heavy atom. The quantitative estimate of drug-likeness (QED) is 0.226. The van der Waals surface area contributed by atoms with E-state index in [0.29, 0.717) is 11.6 Å². The summed E-state index contributed by atoms with van der Waals surface area (Å²) < 4.78 is 0. The Balaban J connectivity index is 1.31. The number of anilines is 1. The summed E-state index contributed by atoms with van der Waals surface area (Å²) in [5.74, 6) is -0.116. The largest absolute Gasteiger partial charge is 0.508 e. The monoisotopic (exact) mass is 519 g/mol. The van der Waals surface area contributed by atoms with Crippen molar-refractivity contribution in [1.82, 2.24) is 9.97 Å². The normalized spacial score (nSPS) is 12.2. The highest BCUT2D eigenvalue weighted by molar-refractivity contribution is 7.13. The molecule has 38 heavy (non-hydrogen) atoms. The standard InChI is InChI=1S/C32H29N3O2S/c1-32(2,29(25-6-4-3-5-7-25)26-12-14-28(36)15-13-26)30(37)35-31-34-27(21-38-31)20-22-8-10-23(11-9-22)24-16-18-33-19-17-24/h3-19,21,29,36H,20H2,1-2H3,(H,34,35,37)/t29-/m1/s1. The van der Waals surface area contributed by atoms with E-state index in [1.54, 1.807) is 24.5 Å². The molecule has 0 aliphatic heterocycles. The average Bonchev–Trinajstić information content (AvgIpc) is 3.38. The van der Waals surface area contributed by atoms with Gasteiger partial charge in [-0.2, -0.15) is 0 Å². The van der Waals surface area contributed by atoms with E-state index in [1.165, 1.54) is 11.3 Å². The third kappa shape index (κ3) is 5.66. The molecule has 0 saturated heterocycles. The van der Waals surface area contributed by atoms with E-state index in [4.69, 9.17) is 4.98 Å². The zero-order valence-electron chi connectivity index (χ0n) is 21.3. The van der Waals surface area contributed by atoms with Crippen molar-refractivity contribution in [3.8, 4) is 16.9 Å². The minimum absolute atomic E-state index is 0.109. The summed E-state index contributed by atoms with van der Waals surface area (Å²) in [6.45, 7) is 3.90. The predicted octanol–water partition coefficient (Wildman–Crippen LogP) is 7.30. The molecule has 0 spiro atoms. The zero-order valence-corrected chi connectivity index (χ0v) is 22.2. The van der Waals surface area contributed by atoms with Crippen LogP contribution in [0.2, 0.25) is 0 Å². The van der Waals surface area contributed by atoms with Crippen molar-refractivity contribution >= 4 is 22.4 Å². The number of aromatic hydroxyl groups is 1. The van der Waals surface area contributed by atoms with Crippen LogP contribution < -0.4 is 5.32 Å². The van der Waals surface area contributed by atoms with E-state index in [2.05, 4.69) is 34.6 Å². The van der Waals surface area contributed by atoms with Crippen LogP contribution >= 0.6 is 11.3 Å². The molecule has 0 bridgehead atoms. The van der Waals surface area contributed by atoms with Crippen molar-refractivity contribution < 1.29 is 9.90 Å². The Kier molecular flexibility index (Phi) is 7.33. The first-order valence-electron chi connectivity index (χ1n) is 12.5. The number of amides is 1. The van der Waals surface area contributed by atoms with Crippen LogP contribution in [0.4, 0.5) is 5.13 Å². The first-order chi connectivity index (χ1) is 18.4. The summed E-state index contributed by atoms with van der Waals surface area (Å²) in [4.78, 5) is 22.4. The van der Waals surface area contributed by atoms with Gasteiger partial charge in [-0.3, -0.25) is 9.78 Å². The third-order valence-electron chi connectivity index (χ3n) is 6.79. The molecule has 6 heteroatoms. The van der Waals surface area contributed by atoms with Gasteiger partial charge in [-0.25, -0.2) is 4.98 Å². The Hall–Kier alpha value is -4.29. The van der Waals surface area contributed by atoms with Crippen molar-refractivity contribution in [1.29, 1.82) is 0 Å². The van der Waals surface area contributed by atoms with Crippen LogP contribution in [-0.2, 0) is 11.2 Å². The fraction of sp³-hybridized carbons (Fsp3) is 0.156. The number of carbonyl (C=O) groups is 1. The SMILES string of the molecule is CC(C)(C(=O)Nc1nc(Cc2ccc(-c3ccncc3)cc2)cs1)[C@H](c1ccccc1)c1ccc(O)cc1. The first kappa shape index (κ1) is 25.4. The summed E-state index contributed by atoms with van der Waals surface area (Å²) in [5, 5.41) is 15.4. The Labute approximate surface area is 226 Å². The predicted molar refractivity (Wildman–Crippen MR) is 153 cm³/mol. The number of phenolic OH excluding ortho intramolecular Hbond substituents is 1. The van der Waals surface area contributed by atoms with Crippen molar-refractivity contribution in [2.24, 2.45) is 5.41 Å². The second kappa shape index (κ2) is 11.0. The summed E-state index contributed by atoms with van der Waals surface area (Å²) in [6.07, 6.45) is 4.28. The van der Waals surface area contributed by atoms with Crippen LogP contribution in [0.15, 0.2) is 109 Å². The Morgan fingerprint density at radius 1 is 0.868 bits per heavy atom. The van der Waals surface area contributed by atoms with Crippen LogP contribution in [-0.4, -0.2) is 21.0 Å². The number of pyridine rings is 1. The summed E-state index contributed by atoms with van der Waals surface area (Å²) in [5.41, 5.74) is 5.56. The number of thiazole rings is 1. The average molecular weight is 520 g/mol. The Morgan fingerprint density at radius 3 is 2.18 bits per heavy atom. The highest BCUT2D eigenvalue weighted by atomic mass is 32.1. The fourth-order valence-corrected chi connectivity index (χ4v) is 5.45. The molecule has 2 N–H and O–H groups in total. The van der Waals surface area contributed by atoms with Crippen molar-refractivity contribution in [3.05, 3.63) is 131 Å². The molecule has 0 aliphatic rings. The summed E-state index contributed by atoms with van der Waals surface area (Å²) in [7, 11) is 0. The molecule has 0 saturated carbocycles. The summed E-state index contributed by atoms with van der Waals surface area (Å²) >= 11 is 1.44. The van der Waals surface area contributed by atoms with Crippen LogP contribution in [0.3, 0.4) is 0 Å². The fourth-order valence-electron chi connectivity index (χ4n) is 4.74. The lowest BCUT2D eigenvalue weighted by Crippen LogP contribution is -2.37. The topological polar surface area (TPSA) is 75.1 Å². The number of rotatable bonds is 8. The highest BCUT2D eigenvalue weighted by Gasteiger charge is 2.39. The van der Waals surface area contributed by atoms with Gasteiger partial charge in [0.1, 0.15) is 5.75 Å². The molecule has 0 fully saturated rings. The second-order valence-electron chi connectivity index (χ2n) is 9.86. The number of phenols is 1. The van der Waals surface area contributed by atoms with E-state index in [-0.39, 0.29) is 17.6 Å². The summed E-state index contributed by atoms with van der Waals surface area (Å²) in [6, 6.07) is 29.5. The molecule has 5 rings (SSSR count). The van der Waals surface area contributed by atoms with Crippen LogP contribution in [0, 0.1) is 5.41 Å². The maximum absolute atomic E-state index is 13.6.